The van der Waals surface area contributed by atoms with Gasteiger partial charge in [-0.25, -0.2) is 0 Å². The van der Waals surface area contributed by atoms with Crippen molar-refractivity contribution in [2.45, 2.75) is 32.7 Å². The van der Waals surface area contributed by atoms with Gasteiger partial charge in [0, 0.05) is 12.2 Å². The number of methoxy groups -OCH3 is 1. The molecule has 146 valence electrons. The summed E-state index contributed by atoms with van der Waals surface area (Å²) in [5, 5.41) is 0.676. The maximum absolute atomic E-state index is 12.7. The Morgan fingerprint density at radius 2 is 1.64 bits per heavy atom. The number of halogens is 2. The molecule has 1 heterocycles. The van der Waals surface area contributed by atoms with E-state index < -0.39 is 0 Å². The molecule has 0 bridgehead atoms. The number of hydrogen-bond donors (Lipinski definition) is 0. The van der Waals surface area contributed by atoms with Gasteiger partial charge < -0.3 is 9.30 Å². The summed E-state index contributed by atoms with van der Waals surface area (Å²) in [5.41, 5.74) is 4.13. The second kappa shape index (κ2) is 9.31. The van der Waals surface area contributed by atoms with E-state index in [2.05, 4.69) is 31.2 Å². The van der Waals surface area contributed by atoms with Crippen molar-refractivity contribution in [3.05, 3.63) is 97.4 Å². The molecule has 3 rings (SSSR count). The van der Waals surface area contributed by atoms with E-state index in [9.17, 15) is 4.79 Å². The van der Waals surface area contributed by atoms with Crippen LogP contribution in [-0.2, 0) is 25.8 Å². The smallest absolute Gasteiger partial charge is 0.269 e. The molecular weight excluding hydrogens is 393 g/mol. The summed E-state index contributed by atoms with van der Waals surface area (Å²) in [4.78, 5) is 12.7. The summed E-state index contributed by atoms with van der Waals surface area (Å²) in [6.07, 6.45) is 2.14. The van der Waals surface area contributed by atoms with Gasteiger partial charge in [0.1, 0.15) is 10.8 Å². The predicted molar refractivity (Wildman–Crippen MR) is 116 cm³/mol. The van der Waals surface area contributed by atoms with Gasteiger partial charge in [-0.05, 0) is 55.5 Å². The van der Waals surface area contributed by atoms with Crippen molar-refractivity contribution in [3.63, 3.8) is 0 Å². The van der Waals surface area contributed by atoms with Crippen LogP contribution in [0.25, 0.3) is 0 Å². The Labute approximate surface area is 175 Å². The molecule has 0 aliphatic rings. The summed E-state index contributed by atoms with van der Waals surface area (Å²) in [6, 6.07) is 17.8. The monoisotopic (exact) mass is 415 g/mol. The van der Waals surface area contributed by atoms with Gasteiger partial charge in [0.05, 0.1) is 12.1 Å². The maximum atomic E-state index is 12.7. The number of nitrogens with zero attached hydrogens (tertiary/aromatic N) is 1. The van der Waals surface area contributed by atoms with Gasteiger partial charge in [-0.15, -0.1) is 0 Å². The van der Waals surface area contributed by atoms with E-state index in [0.29, 0.717) is 18.0 Å². The third-order valence-corrected chi connectivity index (χ3v) is 5.43. The average molecular weight is 416 g/mol. The van der Waals surface area contributed by atoms with Crippen LogP contribution in [0.2, 0.25) is 10.0 Å². The zero-order valence-corrected chi connectivity index (χ0v) is 17.6. The Morgan fingerprint density at radius 3 is 2.36 bits per heavy atom. The Bertz CT molecular complexity index is 1010. The second-order valence-corrected chi connectivity index (χ2v) is 7.65. The first-order chi connectivity index (χ1) is 13.5. The van der Waals surface area contributed by atoms with Gasteiger partial charge in [-0.3, -0.25) is 4.79 Å². The molecule has 3 nitrogen and oxygen atoms in total. The Hall–Kier alpha value is -2.23. The van der Waals surface area contributed by atoms with Crippen LogP contribution in [0.15, 0.2) is 59.4 Å². The number of pyridine rings is 1. The van der Waals surface area contributed by atoms with Crippen LogP contribution >= 0.6 is 23.2 Å². The molecule has 0 atom stereocenters. The summed E-state index contributed by atoms with van der Waals surface area (Å²) in [5.74, 6) is 0.816. The molecule has 0 saturated carbocycles. The molecule has 2 aromatic carbocycles. The first kappa shape index (κ1) is 20.5. The highest BCUT2D eigenvalue weighted by atomic mass is 35.5. The van der Waals surface area contributed by atoms with Crippen LogP contribution in [0.4, 0.5) is 0 Å². The number of benzene rings is 2. The van der Waals surface area contributed by atoms with E-state index in [-0.39, 0.29) is 10.6 Å². The molecule has 0 fully saturated rings. The first-order valence-corrected chi connectivity index (χ1v) is 9.99. The van der Waals surface area contributed by atoms with Crippen LogP contribution < -0.4 is 10.3 Å². The van der Waals surface area contributed by atoms with Crippen LogP contribution in [0.3, 0.4) is 0 Å². The fourth-order valence-electron chi connectivity index (χ4n) is 3.21. The molecule has 0 amide bonds. The first-order valence-electron chi connectivity index (χ1n) is 9.24. The van der Waals surface area contributed by atoms with Gasteiger partial charge in [-0.2, -0.15) is 0 Å². The molecule has 0 radical (unpaired) electrons. The predicted octanol–water partition coefficient (Wildman–Crippen LogP) is 5.50. The molecule has 0 aliphatic heterocycles. The summed E-state index contributed by atoms with van der Waals surface area (Å²) in [7, 11) is 1.65. The SMILES string of the molecule is COc1cccc(CCc2c(Cl)cc(Cl)c(=O)n2CCc2ccc(C)cc2)c1. The maximum Gasteiger partial charge on any atom is 0.269 e. The second-order valence-electron chi connectivity index (χ2n) is 6.83. The van der Waals surface area contributed by atoms with Crippen molar-refractivity contribution < 1.29 is 4.74 Å². The Morgan fingerprint density at radius 1 is 0.893 bits per heavy atom. The minimum Gasteiger partial charge on any atom is -0.497 e. The fourth-order valence-corrected chi connectivity index (χ4v) is 3.79. The highest BCUT2D eigenvalue weighted by Crippen LogP contribution is 2.22. The van der Waals surface area contributed by atoms with E-state index in [1.54, 1.807) is 17.7 Å². The summed E-state index contributed by atoms with van der Waals surface area (Å²) in [6.45, 7) is 2.59. The Balaban J connectivity index is 1.84. The van der Waals surface area contributed by atoms with Crippen molar-refractivity contribution in [1.29, 1.82) is 0 Å². The summed E-state index contributed by atoms with van der Waals surface area (Å²) >= 11 is 12.6. The van der Waals surface area contributed by atoms with Crippen molar-refractivity contribution in [3.8, 4) is 5.75 Å². The highest BCUT2D eigenvalue weighted by Gasteiger charge is 2.13. The number of aryl methyl sites for hydroxylation is 3. The van der Waals surface area contributed by atoms with E-state index in [1.165, 1.54) is 11.1 Å². The number of hydrogen-bond acceptors (Lipinski definition) is 2. The van der Waals surface area contributed by atoms with Crippen molar-refractivity contribution >= 4 is 23.2 Å². The zero-order valence-electron chi connectivity index (χ0n) is 16.0. The van der Waals surface area contributed by atoms with E-state index >= 15 is 0 Å². The standard InChI is InChI=1S/C23H23Cl2NO2/c1-16-6-8-17(9-7-16)12-13-26-22(20(24)15-21(25)23(26)27)11-10-18-4-3-5-19(14-18)28-2/h3-9,14-15H,10-13H2,1-2H3. The Kier molecular flexibility index (Phi) is 6.82. The molecule has 0 aliphatic carbocycles. The lowest BCUT2D eigenvalue weighted by atomic mass is 10.1. The number of aromatic nitrogens is 1. The number of rotatable bonds is 7. The lowest BCUT2D eigenvalue weighted by Gasteiger charge is -2.16. The van der Waals surface area contributed by atoms with Crippen molar-refractivity contribution in [2.75, 3.05) is 7.11 Å². The van der Waals surface area contributed by atoms with Gasteiger partial charge >= 0.3 is 0 Å². The third-order valence-electron chi connectivity index (χ3n) is 4.83. The molecule has 3 aromatic rings. The topological polar surface area (TPSA) is 31.2 Å². The molecule has 5 heteroatoms. The minimum absolute atomic E-state index is 0.152. The number of ether oxygens (including phenoxy) is 1. The van der Waals surface area contributed by atoms with Gasteiger partial charge in [-0.1, -0.05) is 65.2 Å². The lowest BCUT2D eigenvalue weighted by Crippen LogP contribution is -2.25. The average Bonchev–Trinajstić information content (AvgIpc) is 2.70. The van der Waals surface area contributed by atoms with Crippen molar-refractivity contribution in [1.82, 2.24) is 4.57 Å². The van der Waals surface area contributed by atoms with E-state index in [4.69, 9.17) is 27.9 Å². The van der Waals surface area contributed by atoms with Crippen LogP contribution in [0.5, 0.6) is 5.75 Å². The summed E-state index contributed by atoms with van der Waals surface area (Å²) < 4.78 is 7.00. The largest absolute Gasteiger partial charge is 0.497 e. The molecule has 0 saturated heterocycles. The zero-order chi connectivity index (χ0) is 20.1. The highest BCUT2D eigenvalue weighted by molar-refractivity contribution is 6.34. The molecule has 0 unspecified atom stereocenters. The lowest BCUT2D eigenvalue weighted by molar-refractivity contribution is 0.414. The molecule has 0 N–H and O–H groups in total. The normalized spacial score (nSPS) is 10.9. The molecule has 0 spiro atoms. The molecule has 28 heavy (non-hydrogen) atoms. The van der Waals surface area contributed by atoms with Gasteiger partial charge in [0.25, 0.3) is 5.56 Å². The van der Waals surface area contributed by atoms with Crippen molar-refractivity contribution in [2.24, 2.45) is 0 Å². The van der Waals surface area contributed by atoms with Gasteiger partial charge in [0.15, 0.2) is 0 Å². The van der Waals surface area contributed by atoms with Gasteiger partial charge in [0.2, 0.25) is 0 Å². The fraction of sp³-hybridized carbons (Fsp3) is 0.261. The minimum atomic E-state index is -0.196. The van der Waals surface area contributed by atoms with Crippen LogP contribution in [0, 0.1) is 6.92 Å². The van der Waals surface area contributed by atoms with Crippen LogP contribution in [-0.4, -0.2) is 11.7 Å². The molecule has 1 aromatic heterocycles. The van der Waals surface area contributed by atoms with E-state index in [0.717, 1.165) is 29.8 Å². The van der Waals surface area contributed by atoms with Crippen LogP contribution in [0.1, 0.15) is 22.4 Å². The third kappa shape index (κ3) is 4.98. The van der Waals surface area contributed by atoms with E-state index in [1.807, 2.05) is 24.3 Å². The molecular formula is C23H23Cl2NO2. The quantitative estimate of drug-likeness (QED) is 0.509.